The number of amides is 2. The highest BCUT2D eigenvalue weighted by Gasteiger charge is 2.39. The fourth-order valence-electron chi connectivity index (χ4n) is 4.43. The molecule has 2 atom stereocenters. The minimum absolute atomic E-state index is 0.0160. The molecule has 2 N–H and O–H groups in total. The van der Waals surface area contributed by atoms with Crippen LogP contribution in [0.4, 0.5) is 4.79 Å². The van der Waals surface area contributed by atoms with Gasteiger partial charge in [-0.3, -0.25) is 9.59 Å². The van der Waals surface area contributed by atoms with Crippen molar-refractivity contribution in [3.63, 3.8) is 0 Å². The van der Waals surface area contributed by atoms with E-state index in [9.17, 15) is 19.5 Å². The third kappa shape index (κ3) is 2.86. The first-order chi connectivity index (χ1) is 14.0. The summed E-state index contributed by atoms with van der Waals surface area (Å²) in [5.74, 6) is -0.108. The molecule has 2 aliphatic rings. The Bertz CT molecular complexity index is 1220. The molecule has 3 aromatic rings. The van der Waals surface area contributed by atoms with E-state index >= 15 is 0 Å². The zero-order valence-corrected chi connectivity index (χ0v) is 15.4. The van der Waals surface area contributed by atoms with Gasteiger partial charge in [-0.1, -0.05) is 18.2 Å². The average Bonchev–Trinajstić information content (AvgIpc) is 3.11. The van der Waals surface area contributed by atoms with Crippen LogP contribution < -0.4 is 10.7 Å². The van der Waals surface area contributed by atoms with E-state index in [1.165, 1.54) is 17.2 Å². The van der Waals surface area contributed by atoms with E-state index in [1.54, 1.807) is 12.1 Å². The van der Waals surface area contributed by atoms with E-state index in [2.05, 4.69) is 5.32 Å². The monoisotopic (exact) mass is 390 g/mol. The minimum Gasteiger partial charge on any atom is -0.465 e. The molecule has 7 heteroatoms. The first-order valence-electron chi connectivity index (χ1n) is 9.43. The standard InChI is InChI=1S/C22H18N2O5/c25-19-5-6-29-20-4-2-13(8-17(19)20)12-1-3-15-16(7-12)21(26)23-9-14-10-24(22(27)28)11-18(14)15/h1-8,14,18H,9-11H2,(H,23,26)(H,27,28). The van der Waals surface area contributed by atoms with Gasteiger partial charge >= 0.3 is 6.09 Å². The van der Waals surface area contributed by atoms with Gasteiger partial charge in [0.05, 0.1) is 11.6 Å². The Morgan fingerprint density at radius 2 is 1.86 bits per heavy atom. The summed E-state index contributed by atoms with van der Waals surface area (Å²) >= 11 is 0. The van der Waals surface area contributed by atoms with Gasteiger partial charge in [-0.05, 0) is 34.9 Å². The minimum atomic E-state index is -0.933. The van der Waals surface area contributed by atoms with Crippen LogP contribution in [0, 0.1) is 5.92 Å². The number of carbonyl (C=O) groups is 2. The van der Waals surface area contributed by atoms with Gasteiger partial charge in [0.1, 0.15) is 5.58 Å². The third-order valence-corrected chi connectivity index (χ3v) is 5.93. The van der Waals surface area contributed by atoms with Crippen molar-refractivity contribution in [3.05, 3.63) is 70.1 Å². The van der Waals surface area contributed by atoms with Gasteiger partial charge in [0.25, 0.3) is 5.91 Å². The summed E-state index contributed by atoms with van der Waals surface area (Å²) in [5, 5.41) is 12.7. The molecule has 2 aliphatic heterocycles. The number of carbonyl (C=O) groups excluding carboxylic acids is 1. The number of carboxylic acid groups (broad SMARTS) is 1. The summed E-state index contributed by atoms with van der Waals surface area (Å²) < 4.78 is 5.37. The van der Waals surface area contributed by atoms with Crippen LogP contribution in [0.15, 0.2) is 57.9 Å². The van der Waals surface area contributed by atoms with Crippen LogP contribution in [-0.2, 0) is 0 Å². The van der Waals surface area contributed by atoms with Crippen molar-refractivity contribution in [1.29, 1.82) is 0 Å². The molecule has 2 amide bonds. The van der Waals surface area contributed by atoms with Crippen LogP contribution in [0.2, 0.25) is 0 Å². The van der Waals surface area contributed by atoms with Gasteiger partial charge in [0.2, 0.25) is 0 Å². The van der Waals surface area contributed by atoms with Gasteiger partial charge in [0, 0.05) is 43.1 Å². The maximum Gasteiger partial charge on any atom is 0.407 e. The van der Waals surface area contributed by atoms with Crippen LogP contribution in [0.5, 0.6) is 0 Å². The molecule has 1 aromatic heterocycles. The van der Waals surface area contributed by atoms with E-state index in [0.29, 0.717) is 36.2 Å². The molecule has 0 radical (unpaired) electrons. The maximum absolute atomic E-state index is 12.7. The lowest BCUT2D eigenvalue weighted by atomic mass is 9.86. The molecule has 1 saturated heterocycles. The summed E-state index contributed by atoms with van der Waals surface area (Å²) in [5.41, 5.74) is 3.45. The number of fused-ring (bicyclic) bond motifs is 4. The highest BCUT2D eigenvalue weighted by atomic mass is 16.4. The maximum atomic E-state index is 12.7. The van der Waals surface area contributed by atoms with Gasteiger partial charge in [-0.2, -0.15) is 0 Å². The average molecular weight is 390 g/mol. The van der Waals surface area contributed by atoms with Crippen LogP contribution in [0.3, 0.4) is 0 Å². The lowest BCUT2D eigenvalue weighted by molar-refractivity contribution is 0.0951. The third-order valence-electron chi connectivity index (χ3n) is 5.93. The number of likely N-dealkylation sites (tertiary alicyclic amines) is 1. The summed E-state index contributed by atoms with van der Waals surface area (Å²) in [6.45, 7) is 1.26. The normalized spacial score (nSPS) is 20.7. The van der Waals surface area contributed by atoms with Crippen molar-refractivity contribution < 1.29 is 19.1 Å². The van der Waals surface area contributed by atoms with Gasteiger partial charge < -0.3 is 19.7 Å². The molecular formula is C22H18N2O5. The van der Waals surface area contributed by atoms with Crippen molar-refractivity contribution in [1.82, 2.24) is 10.2 Å². The second-order valence-corrected chi connectivity index (χ2v) is 7.56. The van der Waals surface area contributed by atoms with Gasteiger partial charge in [-0.15, -0.1) is 0 Å². The van der Waals surface area contributed by atoms with Gasteiger partial charge in [-0.25, -0.2) is 4.79 Å². The molecule has 0 aliphatic carbocycles. The summed E-state index contributed by atoms with van der Waals surface area (Å²) in [7, 11) is 0. The van der Waals surface area contributed by atoms with Crippen molar-refractivity contribution in [2.45, 2.75) is 5.92 Å². The summed E-state index contributed by atoms with van der Waals surface area (Å²) in [6.07, 6.45) is 0.438. The molecule has 29 heavy (non-hydrogen) atoms. The molecule has 0 bridgehead atoms. The van der Waals surface area contributed by atoms with E-state index < -0.39 is 6.09 Å². The van der Waals surface area contributed by atoms with E-state index in [-0.39, 0.29) is 23.2 Å². The highest BCUT2D eigenvalue weighted by molar-refractivity contribution is 5.98. The quantitative estimate of drug-likeness (QED) is 0.666. The van der Waals surface area contributed by atoms with Crippen molar-refractivity contribution in [2.75, 3.05) is 19.6 Å². The van der Waals surface area contributed by atoms with E-state index in [4.69, 9.17) is 4.42 Å². The van der Waals surface area contributed by atoms with Gasteiger partial charge in [0.15, 0.2) is 5.43 Å². The number of nitrogens with zero attached hydrogens (tertiary/aromatic N) is 1. The smallest absolute Gasteiger partial charge is 0.407 e. The fourth-order valence-corrected chi connectivity index (χ4v) is 4.43. The fraction of sp³-hybridized carbons (Fsp3) is 0.227. The summed E-state index contributed by atoms with van der Waals surface area (Å²) in [6, 6.07) is 12.4. The zero-order chi connectivity index (χ0) is 20.1. The highest BCUT2D eigenvalue weighted by Crippen LogP contribution is 2.37. The second-order valence-electron chi connectivity index (χ2n) is 7.56. The molecule has 146 valence electrons. The van der Waals surface area contributed by atoms with Crippen molar-refractivity contribution in [2.24, 2.45) is 5.92 Å². The molecule has 2 aromatic carbocycles. The lowest BCUT2D eigenvalue weighted by Crippen LogP contribution is -2.31. The van der Waals surface area contributed by atoms with E-state index in [0.717, 1.165) is 16.7 Å². The number of rotatable bonds is 1. The van der Waals surface area contributed by atoms with Crippen LogP contribution in [0.1, 0.15) is 21.8 Å². The SMILES string of the molecule is O=C1NCC2CN(C(=O)O)CC2c2ccc(-c3ccc4occc(=O)c4c3)cc21. The lowest BCUT2D eigenvalue weighted by Gasteiger charge is -2.17. The number of nitrogens with one attached hydrogen (secondary N) is 1. The predicted molar refractivity (Wildman–Crippen MR) is 106 cm³/mol. The largest absolute Gasteiger partial charge is 0.465 e. The molecule has 2 unspecified atom stereocenters. The van der Waals surface area contributed by atoms with Crippen molar-refractivity contribution in [3.8, 4) is 11.1 Å². The van der Waals surface area contributed by atoms with Crippen LogP contribution in [0.25, 0.3) is 22.1 Å². The first-order valence-corrected chi connectivity index (χ1v) is 9.43. The predicted octanol–water partition coefficient (Wildman–Crippen LogP) is 2.90. The Balaban J connectivity index is 1.59. The molecule has 3 heterocycles. The number of hydrogen-bond donors (Lipinski definition) is 2. The van der Waals surface area contributed by atoms with Crippen molar-refractivity contribution >= 4 is 23.0 Å². The Kier molecular flexibility index (Phi) is 3.91. The zero-order valence-electron chi connectivity index (χ0n) is 15.4. The Hall–Kier alpha value is -3.61. The number of hydrogen-bond acceptors (Lipinski definition) is 4. The Labute approximate surface area is 165 Å². The molecule has 7 nitrogen and oxygen atoms in total. The molecule has 0 saturated carbocycles. The first kappa shape index (κ1) is 17.5. The van der Waals surface area contributed by atoms with E-state index in [1.807, 2.05) is 24.3 Å². The Morgan fingerprint density at radius 3 is 2.69 bits per heavy atom. The topological polar surface area (TPSA) is 99.8 Å². The Morgan fingerprint density at radius 1 is 1.07 bits per heavy atom. The molecule has 1 fully saturated rings. The number of benzene rings is 2. The summed E-state index contributed by atoms with van der Waals surface area (Å²) in [4.78, 5) is 37.6. The second kappa shape index (κ2) is 6.48. The molecular weight excluding hydrogens is 372 g/mol. The molecule has 0 spiro atoms. The molecule has 5 rings (SSSR count). The van der Waals surface area contributed by atoms with Crippen LogP contribution in [-0.4, -0.2) is 41.6 Å². The van der Waals surface area contributed by atoms with Crippen LogP contribution >= 0.6 is 0 Å².